The van der Waals surface area contributed by atoms with Crippen LogP contribution in [0.25, 0.3) is 11.1 Å². The molecule has 0 saturated carbocycles. The molecule has 4 atom stereocenters. The molecule has 2 aromatic rings. The van der Waals surface area contributed by atoms with Crippen molar-refractivity contribution in [2.75, 3.05) is 5.75 Å². The molecule has 1 fully saturated rings. The Bertz CT molecular complexity index is 736. The molecule has 1 saturated heterocycles. The molecule has 0 aromatic carbocycles. The van der Waals surface area contributed by atoms with Crippen molar-refractivity contribution in [1.29, 1.82) is 0 Å². The van der Waals surface area contributed by atoms with E-state index in [1.54, 1.807) is 12.4 Å². The zero-order chi connectivity index (χ0) is 17.4. The van der Waals surface area contributed by atoms with Gasteiger partial charge in [-0.2, -0.15) is 5.10 Å². The molecule has 130 valence electrons. The van der Waals surface area contributed by atoms with Crippen LogP contribution in [0.15, 0.2) is 18.5 Å². The van der Waals surface area contributed by atoms with E-state index in [2.05, 4.69) is 10.1 Å². The predicted octanol–water partition coefficient (Wildman–Crippen LogP) is 0.633. The second-order valence-corrected chi connectivity index (χ2v) is 7.08. The Hall–Kier alpha value is -1.61. The van der Waals surface area contributed by atoms with E-state index in [0.29, 0.717) is 11.5 Å². The summed E-state index contributed by atoms with van der Waals surface area (Å²) in [6, 6.07) is 1.84. The monoisotopic (exact) mass is 351 g/mol. The summed E-state index contributed by atoms with van der Waals surface area (Å²) < 4.78 is 7.60. The molecule has 0 aliphatic carbocycles. The summed E-state index contributed by atoms with van der Waals surface area (Å²) in [5, 5.41) is 33.8. The molecule has 0 bridgehead atoms. The maximum atomic E-state index is 10.1. The van der Waals surface area contributed by atoms with Crippen LogP contribution in [0.1, 0.15) is 11.4 Å². The Morgan fingerprint density at radius 1 is 1.21 bits per heavy atom. The van der Waals surface area contributed by atoms with Gasteiger partial charge in [-0.3, -0.25) is 9.67 Å². The fraction of sp³-hybridized carbons (Fsp3) is 0.500. The summed E-state index contributed by atoms with van der Waals surface area (Å²) in [6.45, 7) is 3.93. The van der Waals surface area contributed by atoms with Crippen molar-refractivity contribution in [3.63, 3.8) is 0 Å². The topological polar surface area (TPSA) is 101 Å². The molecule has 0 amide bonds. The van der Waals surface area contributed by atoms with Gasteiger partial charge in [0.25, 0.3) is 0 Å². The van der Waals surface area contributed by atoms with Crippen molar-refractivity contribution < 1.29 is 20.1 Å². The van der Waals surface area contributed by atoms with E-state index in [1.807, 2.05) is 31.6 Å². The molecule has 1 aliphatic heterocycles. The molecule has 0 spiro atoms. The highest BCUT2D eigenvalue weighted by Gasteiger charge is 2.38. The fourth-order valence-electron chi connectivity index (χ4n) is 2.83. The Labute approximate surface area is 144 Å². The summed E-state index contributed by atoms with van der Waals surface area (Å²) in [7, 11) is 1.89. The number of aromatic nitrogens is 3. The molecule has 3 N–H and O–H groups in total. The van der Waals surface area contributed by atoms with Gasteiger partial charge in [-0.15, -0.1) is 11.8 Å². The second kappa shape index (κ2) is 6.72. The summed E-state index contributed by atoms with van der Waals surface area (Å²) in [6.07, 6.45) is -0.0169. The van der Waals surface area contributed by atoms with Crippen LogP contribution >= 0.6 is 11.8 Å². The number of hydrogen-bond donors (Lipinski definition) is 3. The van der Waals surface area contributed by atoms with Crippen LogP contribution in [0.3, 0.4) is 0 Å². The fourth-order valence-corrected chi connectivity index (χ4v) is 3.95. The van der Waals surface area contributed by atoms with E-state index < -0.39 is 23.7 Å². The zero-order valence-electron chi connectivity index (χ0n) is 13.7. The van der Waals surface area contributed by atoms with Crippen LogP contribution in [0.4, 0.5) is 0 Å². The van der Waals surface area contributed by atoms with Crippen LogP contribution in [-0.4, -0.2) is 59.6 Å². The van der Waals surface area contributed by atoms with Crippen LogP contribution < -0.4 is 4.74 Å². The molecule has 2 aromatic heterocycles. The van der Waals surface area contributed by atoms with E-state index in [9.17, 15) is 15.3 Å². The molecule has 0 unspecified atom stereocenters. The van der Waals surface area contributed by atoms with Gasteiger partial charge in [0.1, 0.15) is 18.0 Å². The minimum absolute atomic E-state index is 0.302. The van der Waals surface area contributed by atoms with Crippen LogP contribution in [0.2, 0.25) is 0 Å². The first-order valence-electron chi connectivity index (χ1n) is 7.66. The predicted molar refractivity (Wildman–Crippen MR) is 90.8 cm³/mol. The Morgan fingerprint density at radius 3 is 2.62 bits per heavy atom. The lowest BCUT2D eigenvalue weighted by atomic mass is 10.1. The highest BCUT2D eigenvalue weighted by molar-refractivity contribution is 7.99. The van der Waals surface area contributed by atoms with Crippen LogP contribution in [0, 0.1) is 13.8 Å². The molecular formula is C16H21N3O4S. The number of thioether (sulfide) groups is 1. The maximum Gasteiger partial charge on any atom is 0.173 e. The third kappa shape index (κ3) is 3.14. The summed E-state index contributed by atoms with van der Waals surface area (Å²) in [5.74, 6) is 0.798. The van der Waals surface area contributed by atoms with E-state index in [-0.39, 0.29) is 0 Å². The van der Waals surface area contributed by atoms with Crippen LogP contribution in [-0.2, 0) is 7.05 Å². The van der Waals surface area contributed by atoms with E-state index in [0.717, 1.165) is 22.5 Å². The Kier molecular flexibility index (Phi) is 4.82. The number of rotatable bonds is 3. The summed E-state index contributed by atoms with van der Waals surface area (Å²) in [4.78, 5) is 4.21. The molecule has 3 heterocycles. The van der Waals surface area contributed by atoms with Gasteiger partial charge in [0.05, 0.1) is 18.0 Å². The average molecular weight is 351 g/mol. The molecule has 7 nitrogen and oxygen atoms in total. The lowest BCUT2D eigenvalue weighted by molar-refractivity contribution is -0.0786. The van der Waals surface area contributed by atoms with Gasteiger partial charge in [-0.05, 0) is 19.9 Å². The third-order valence-electron chi connectivity index (χ3n) is 4.22. The van der Waals surface area contributed by atoms with Gasteiger partial charge in [0.15, 0.2) is 5.44 Å². The first kappa shape index (κ1) is 17.2. The molecule has 24 heavy (non-hydrogen) atoms. The molecule has 1 aliphatic rings. The number of aryl methyl sites for hydroxylation is 2. The first-order valence-corrected chi connectivity index (χ1v) is 8.71. The van der Waals surface area contributed by atoms with Crippen molar-refractivity contribution in [1.82, 2.24) is 14.8 Å². The number of hydrogen-bond acceptors (Lipinski definition) is 7. The Balaban J connectivity index is 1.84. The highest BCUT2D eigenvalue weighted by Crippen LogP contribution is 2.32. The van der Waals surface area contributed by atoms with Gasteiger partial charge in [0, 0.05) is 35.8 Å². The maximum absolute atomic E-state index is 10.1. The minimum Gasteiger partial charge on any atom is -0.475 e. The van der Waals surface area contributed by atoms with Gasteiger partial charge < -0.3 is 20.1 Å². The van der Waals surface area contributed by atoms with Gasteiger partial charge in [-0.25, -0.2) is 0 Å². The smallest absolute Gasteiger partial charge is 0.173 e. The quantitative estimate of drug-likeness (QED) is 0.746. The molecule has 0 radical (unpaired) electrons. The normalized spacial score (nSPS) is 27.2. The van der Waals surface area contributed by atoms with E-state index in [4.69, 9.17) is 4.74 Å². The van der Waals surface area contributed by atoms with E-state index in [1.165, 1.54) is 11.8 Å². The number of nitrogens with zero attached hydrogens (tertiary/aromatic N) is 3. The number of aliphatic hydroxyl groups is 3. The minimum atomic E-state index is -1.21. The van der Waals surface area contributed by atoms with E-state index >= 15 is 0 Å². The number of pyridine rings is 1. The van der Waals surface area contributed by atoms with Crippen LogP contribution in [0.5, 0.6) is 5.75 Å². The largest absolute Gasteiger partial charge is 0.475 e. The van der Waals surface area contributed by atoms with Crippen molar-refractivity contribution in [2.45, 2.75) is 37.6 Å². The SMILES string of the molecule is Cc1nn(C)c(C)c1-c1cncc(O[C@@H]2SC[C@@H](O)[C@H](O)[C@H]2O)c1. The zero-order valence-corrected chi connectivity index (χ0v) is 14.6. The number of aliphatic hydroxyl groups excluding tert-OH is 3. The van der Waals surface area contributed by atoms with Crippen molar-refractivity contribution in [2.24, 2.45) is 7.05 Å². The third-order valence-corrected chi connectivity index (χ3v) is 5.45. The second-order valence-electron chi connectivity index (χ2n) is 5.95. The first-order chi connectivity index (χ1) is 11.4. The number of ether oxygens (including phenoxy) is 1. The standard InChI is InChI=1S/C16H21N3O4S/c1-8-13(9(2)19(3)18-8)10-4-11(6-17-5-10)23-16-15(22)14(21)12(20)7-24-16/h4-6,12,14-16,20-22H,7H2,1-3H3/t12-,14+,15-,16-/m1/s1. The molecule has 3 rings (SSSR count). The van der Waals surface area contributed by atoms with Crippen molar-refractivity contribution in [3.8, 4) is 16.9 Å². The highest BCUT2D eigenvalue weighted by atomic mass is 32.2. The molecular weight excluding hydrogens is 330 g/mol. The summed E-state index contributed by atoms with van der Waals surface area (Å²) >= 11 is 1.26. The Morgan fingerprint density at radius 2 is 1.96 bits per heavy atom. The summed E-state index contributed by atoms with van der Waals surface area (Å²) in [5.41, 5.74) is 3.16. The van der Waals surface area contributed by atoms with Crippen molar-refractivity contribution >= 4 is 11.8 Å². The molecule has 8 heteroatoms. The van der Waals surface area contributed by atoms with Gasteiger partial charge in [0.2, 0.25) is 0 Å². The van der Waals surface area contributed by atoms with Gasteiger partial charge >= 0.3 is 0 Å². The lowest BCUT2D eigenvalue weighted by Gasteiger charge is -2.34. The lowest BCUT2D eigenvalue weighted by Crippen LogP contribution is -2.50. The van der Waals surface area contributed by atoms with Crippen molar-refractivity contribution in [3.05, 3.63) is 29.8 Å². The average Bonchev–Trinajstić information content (AvgIpc) is 2.81. The van der Waals surface area contributed by atoms with Gasteiger partial charge in [-0.1, -0.05) is 0 Å².